The molecule has 0 spiro atoms. The number of nitrogens with zero attached hydrogens (tertiary/aromatic N) is 1. The fourth-order valence-electron chi connectivity index (χ4n) is 5.19. The number of likely N-dealkylation sites (tertiary alicyclic amines) is 1. The summed E-state index contributed by atoms with van der Waals surface area (Å²) in [5, 5.41) is 14.8. The highest BCUT2D eigenvalue weighted by molar-refractivity contribution is 8.00. The summed E-state index contributed by atoms with van der Waals surface area (Å²) in [6.07, 6.45) is 6.44. The molecule has 2 aliphatic rings. The molecule has 34 heavy (non-hydrogen) atoms. The van der Waals surface area contributed by atoms with Gasteiger partial charge in [0.25, 0.3) is 0 Å². The second kappa shape index (κ2) is 11.6. The molecule has 4 rings (SSSR count). The Bertz CT molecular complexity index is 937. The zero-order chi connectivity index (χ0) is 23.8. The van der Waals surface area contributed by atoms with Crippen molar-refractivity contribution in [2.24, 2.45) is 0 Å². The molecule has 2 aromatic carbocycles. The van der Waals surface area contributed by atoms with Crippen molar-refractivity contribution < 1.29 is 14.7 Å². The fraction of sp³-hybridized carbons (Fsp3) is 0.481. The van der Waals surface area contributed by atoms with E-state index in [1.807, 2.05) is 16.7 Å². The van der Waals surface area contributed by atoms with E-state index >= 15 is 0 Å². The highest BCUT2D eigenvalue weighted by Crippen LogP contribution is 2.40. The van der Waals surface area contributed by atoms with Gasteiger partial charge in [-0.3, -0.25) is 0 Å². The summed E-state index contributed by atoms with van der Waals surface area (Å²) < 4.78 is 0. The zero-order valence-electron chi connectivity index (χ0n) is 19.7. The summed E-state index contributed by atoms with van der Waals surface area (Å²) >= 11 is 1.88. The minimum atomic E-state index is -0.985. The summed E-state index contributed by atoms with van der Waals surface area (Å²) in [4.78, 5) is 26.7. The van der Waals surface area contributed by atoms with Crippen LogP contribution < -0.4 is 10.6 Å². The van der Waals surface area contributed by atoms with E-state index in [4.69, 9.17) is 5.11 Å². The first kappa shape index (κ1) is 24.5. The molecule has 0 unspecified atom stereocenters. The molecule has 0 radical (unpaired) electrons. The van der Waals surface area contributed by atoms with Gasteiger partial charge in [-0.25, -0.2) is 9.59 Å². The van der Waals surface area contributed by atoms with E-state index in [-0.39, 0.29) is 11.4 Å². The van der Waals surface area contributed by atoms with Crippen molar-refractivity contribution in [3.05, 3.63) is 65.7 Å². The highest BCUT2D eigenvalue weighted by Gasteiger charge is 2.36. The predicted molar refractivity (Wildman–Crippen MR) is 137 cm³/mol. The van der Waals surface area contributed by atoms with Gasteiger partial charge in [0.15, 0.2) is 0 Å². The number of hydrogen-bond donors (Lipinski definition) is 3. The van der Waals surface area contributed by atoms with E-state index in [9.17, 15) is 9.59 Å². The monoisotopic (exact) mass is 481 g/mol. The number of thioether (sulfide) groups is 1. The van der Waals surface area contributed by atoms with Gasteiger partial charge in [-0.15, -0.1) is 11.8 Å². The fourth-order valence-corrected chi connectivity index (χ4v) is 6.31. The van der Waals surface area contributed by atoms with Gasteiger partial charge >= 0.3 is 12.1 Å². The molecule has 2 fully saturated rings. The smallest absolute Gasteiger partial charge is 0.404 e. The quantitative estimate of drug-likeness (QED) is 0.479. The van der Waals surface area contributed by atoms with Crippen LogP contribution in [0.4, 0.5) is 9.59 Å². The lowest BCUT2D eigenvalue weighted by atomic mass is 9.79. The molecule has 1 aliphatic heterocycles. The van der Waals surface area contributed by atoms with Gasteiger partial charge in [-0.2, -0.15) is 0 Å². The second-order valence-corrected chi connectivity index (χ2v) is 10.8. The largest absolute Gasteiger partial charge is 0.465 e. The van der Waals surface area contributed by atoms with E-state index in [0.717, 1.165) is 50.9 Å². The minimum Gasteiger partial charge on any atom is -0.465 e. The normalized spacial score (nSPS) is 17.9. The number of urea groups is 1. The van der Waals surface area contributed by atoms with E-state index in [1.54, 1.807) is 0 Å². The molecular weight excluding hydrogens is 446 g/mol. The molecule has 2 aromatic rings. The Morgan fingerprint density at radius 3 is 2.29 bits per heavy atom. The second-order valence-electron chi connectivity index (χ2n) is 9.44. The van der Waals surface area contributed by atoms with Crippen LogP contribution in [-0.2, 0) is 11.8 Å². The van der Waals surface area contributed by atoms with Gasteiger partial charge < -0.3 is 20.6 Å². The Labute approximate surface area is 206 Å². The number of piperidine rings is 1. The standard InChI is InChI=1S/C27H35N3O3S/c31-25(29-20-27(15-4-5-16-27)22-6-2-1-3-7-22)30-18-13-24(14-19-30)34-23-10-8-21(9-11-23)12-17-28-26(32)33/h1-3,6-11,24,28H,4-5,12-20H2,(H,29,31)(H,32,33). The van der Waals surface area contributed by atoms with Crippen LogP contribution in [0.3, 0.4) is 0 Å². The summed E-state index contributed by atoms with van der Waals surface area (Å²) in [5.41, 5.74) is 2.56. The first-order valence-corrected chi connectivity index (χ1v) is 13.2. The molecule has 7 heteroatoms. The molecule has 182 valence electrons. The third-order valence-electron chi connectivity index (χ3n) is 7.17. The average molecular weight is 482 g/mol. The number of carboxylic acid groups (broad SMARTS) is 1. The SMILES string of the molecule is O=C(O)NCCc1ccc(SC2CCN(C(=O)NCC3(c4ccccc4)CCCC3)CC2)cc1. The van der Waals surface area contributed by atoms with Crippen LogP contribution in [0.5, 0.6) is 0 Å². The molecule has 3 amide bonds. The van der Waals surface area contributed by atoms with Gasteiger partial charge in [0.2, 0.25) is 0 Å². The molecule has 1 saturated carbocycles. The van der Waals surface area contributed by atoms with Crippen LogP contribution in [-0.4, -0.2) is 53.6 Å². The lowest BCUT2D eigenvalue weighted by Crippen LogP contribution is -2.48. The molecule has 0 aromatic heterocycles. The van der Waals surface area contributed by atoms with Gasteiger partial charge in [0.05, 0.1) is 0 Å². The van der Waals surface area contributed by atoms with E-state index < -0.39 is 6.09 Å². The molecule has 0 atom stereocenters. The van der Waals surface area contributed by atoms with Crippen LogP contribution in [0.25, 0.3) is 0 Å². The van der Waals surface area contributed by atoms with Crippen molar-refractivity contribution in [2.75, 3.05) is 26.2 Å². The van der Waals surface area contributed by atoms with E-state index in [1.165, 1.54) is 23.3 Å². The zero-order valence-corrected chi connectivity index (χ0v) is 20.5. The number of carbonyl (C=O) groups is 2. The first-order chi connectivity index (χ1) is 16.5. The highest BCUT2D eigenvalue weighted by atomic mass is 32.2. The number of nitrogens with one attached hydrogen (secondary N) is 2. The van der Waals surface area contributed by atoms with Gasteiger partial charge in [-0.05, 0) is 55.4 Å². The van der Waals surface area contributed by atoms with E-state index in [2.05, 4.69) is 65.2 Å². The maximum absolute atomic E-state index is 12.9. The maximum atomic E-state index is 12.9. The van der Waals surface area contributed by atoms with E-state index in [0.29, 0.717) is 18.2 Å². The van der Waals surface area contributed by atoms with Crippen LogP contribution in [0.1, 0.15) is 49.7 Å². The molecule has 1 heterocycles. The third kappa shape index (κ3) is 6.47. The summed E-state index contributed by atoms with van der Waals surface area (Å²) in [5.74, 6) is 0. The molecule has 1 aliphatic carbocycles. The Morgan fingerprint density at radius 2 is 1.65 bits per heavy atom. The molecule has 1 saturated heterocycles. The lowest BCUT2D eigenvalue weighted by molar-refractivity contribution is 0.184. The number of benzene rings is 2. The Balaban J connectivity index is 1.21. The molecule has 0 bridgehead atoms. The Morgan fingerprint density at radius 1 is 0.971 bits per heavy atom. The average Bonchev–Trinajstić information content (AvgIpc) is 3.35. The number of hydrogen-bond acceptors (Lipinski definition) is 3. The number of rotatable bonds is 8. The van der Waals surface area contributed by atoms with Crippen LogP contribution in [0.2, 0.25) is 0 Å². The van der Waals surface area contributed by atoms with Crippen LogP contribution in [0.15, 0.2) is 59.5 Å². The first-order valence-electron chi connectivity index (χ1n) is 12.3. The maximum Gasteiger partial charge on any atom is 0.404 e. The summed E-state index contributed by atoms with van der Waals surface area (Å²) in [6, 6.07) is 19.1. The Kier molecular flexibility index (Phi) is 8.38. The molecular formula is C27H35N3O3S. The van der Waals surface area contributed by atoms with Crippen LogP contribution in [0, 0.1) is 0 Å². The number of amides is 3. The summed E-state index contributed by atoms with van der Waals surface area (Å²) in [7, 11) is 0. The van der Waals surface area contributed by atoms with Crippen molar-refractivity contribution in [1.82, 2.24) is 15.5 Å². The minimum absolute atomic E-state index is 0.0741. The van der Waals surface area contributed by atoms with Gasteiger partial charge in [0, 0.05) is 41.7 Å². The molecule has 6 nitrogen and oxygen atoms in total. The lowest BCUT2D eigenvalue weighted by Gasteiger charge is -2.34. The summed E-state index contributed by atoms with van der Waals surface area (Å²) in [6.45, 7) is 2.73. The Hall–Kier alpha value is -2.67. The van der Waals surface area contributed by atoms with Gasteiger partial charge in [-0.1, -0.05) is 55.3 Å². The number of carbonyl (C=O) groups excluding carboxylic acids is 1. The van der Waals surface area contributed by atoms with Crippen molar-refractivity contribution in [2.45, 2.75) is 60.5 Å². The topological polar surface area (TPSA) is 81.7 Å². The van der Waals surface area contributed by atoms with Crippen molar-refractivity contribution >= 4 is 23.9 Å². The van der Waals surface area contributed by atoms with Gasteiger partial charge in [0.1, 0.15) is 0 Å². The van der Waals surface area contributed by atoms with Crippen molar-refractivity contribution in [1.29, 1.82) is 0 Å². The predicted octanol–water partition coefficient (Wildman–Crippen LogP) is 5.27. The third-order valence-corrected chi connectivity index (χ3v) is 8.52. The van der Waals surface area contributed by atoms with Crippen molar-refractivity contribution in [3.63, 3.8) is 0 Å². The van der Waals surface area contributed by atoms with Crippen molar-refractivity contribution in [3.8, 4) is 0 Å². The molecule has 3 N–H and O–H groups in total. The van der Waals surface area contributed by atoms with Crippen LogP contribution >= 0.6 is 11.8 Å².